The van der Waals surface area contributed by atoms with Gasteiger partial charge in [0.1, 0.15) is 5.75 Å². The topological polar surface area (TPSA) is 38.3 Å². The first-order chi connectivity index (χ1) is 10.8. The molecule has 1 amide bonds. The van der Waals surface area contributed by atoms with Crippen LogP contribution in [0.1, 0.15) is 12.0 Å². The van der Waals surface area contributed by atoms with Crippen molar-refractivity contribution in [1.82, 2.24) is 0 Å². The quantitative estimate of drug-likeness (QED) is 0.846. The number of alkyl halides is 3. The SMILES string of the molecule is O=C(CCc1ccccc1Cl)Nc1ccc(OC(F)(F)F)cc1. The lowest BCUT2D eigenvalue weighted by Gasteiger charge is -2.10. The molecule has 0 bridgehead atoms. The first-order valence-corrected chi connectivity index (χ1v) is 7.10. The highest BCUT2D eigenvalue weighted by molar-refractivity contribution is 6.31. The number of carbonyl (C=O) groups is 1. The van der Waals surface area contributed by atoms with Crippen LogP contribution in [0.5, 0.6) is 5.75 Å². The Bertz CT molecular complexity index is 672. The molecule has 0 fully saturated rings. The van der Waals surface area contributed by atoms with Crippen molar-refractivity contribution in [2.24, 2.45) is 0 Å². The Morgan fingerprint density at radius 2 is 1.74 bits per heavy atom. The van der Waals surface area contributed by atoms with Crippen molar-refractivity contribution < 1.29 is 22.7 Å². The zero-order chi connectivity index (χ0) is 16.9. The summed E-state index contributed by atoms with van der Waals surface area (Å²) in [5.74, 6) is -0.596. The molecule has 0 saturated carbocycles. The molecule has 0 aliphatic carbocycles. The van der Waals surface area contributed by atoms with Gasteiger partial charge in [0.25, 0.3) is 0 Å². The molecule has 0 radical (unpaired) electrons. The summed E-state index contributed by atoms with van der Waals surface area (Å²) in [6.45, 7) is 0. The van der Waals surface area contributed by atoms with Gasteiger partial charge in [-0.15, -0.1) is 13.2 Å². The summed E-state index contributed by atoms with van der Waals surface area (Å²) in [6, 6.07) is 12.2. The standard InChI is InChI=1S/C16H13ClF3NO2/c17-14-4-2-1-3-11(14)5-10-15(22)21-12-6-8-13(9-7-12)23-16(18,19)20/h1-4,6-9H,5,10H2,(H,21,22). The van der Waals surface area contributed by atoms with E-state index in [0.29, 0.717) is 17.1 Å². The summed E-state index contributed by atoms with van der Waals surface area (Å²) in [5.41, 5.74) is 1.25. The molecule has 2 aromatic rings. The van der Waals surface area contributed by atoms with E-state index in [1.165, 1.54) is 12.1 Å². The molecule has 1 N–H and O–H groups in total. The second-order valence-electron chi connectivity index (χ2n) is 4.71. The molecule has 0 atom stereocenters. The molecule has 0 aliphatic heterocycles. The van der Waals surface area contributed by atoms with Gasteiger partial charge < -0.3 is 10.1 Å². The van der Waals surface area contributed by atoms with Crippen molar-refractivity contribution in [1.29, 1.82) is 0 Å². The van der Waals surface area contributed by atoms with Crippen LogP contribution in [0.4, 0.5) is 18.9 Å². The fraction of sp³-hybridized carbons (Fsp3) is 0.188. The number of rotatable bonds is 5. The molecule has 0 heterocycles. The Balaban J connectivity index is 1.87. The second-order valence-corrected chi connectivity index (χ2v) is 5.12. The highest BCUT2D eigenvalue weighted by atomic mass is 35.5. The van der Waals surface area contributed by atoms with E-state index in [9.17, 15) is 18.0 Å². The predicted molar refractivity (Wildman–Crippen MR) is 81.5 cm³/mol. The highest BCUT2D eigenvalue weighted by Crippen LogP contribution is 2.24. The zero-order valence-corrected chi connectivity index (χ0v) is 12.6. The maximum absolute atomic E-state index is 12.0. The van der Waals surface area contributed by atoms with Crippen molar-refractivity contribution in [2.45, 2.75) is 19.2 Å². The molecular weight excluding hydrogens is 331 g/mol. The molecule has 0 unspecified atom stereocenters. The summed E-state index contributed by atoms with van der Waals surface area (Å²) >= 11 is 6.00. The summed E-state index contributed by atoms with van der Waals surface area (Å²) < 4.78 is 39.9. The van der Waals surface area contributed by atoms with Gasteiger partial charge in [-0.2, -0.15) is 0 Å². The molecule has 7 heteroatoms. The average Bonchev–Trinajstić information content (AvgIpc) is 2.47. The van der Waals surface area contributed by atoms with E-state index in [1.54, 1.807) is 12.1 Å². The van der Waals surface area contributed by atoms with Gasteiger partial charge in [0, 0.05) is 17.1 Å². The lowest BCUT2D eigenvalue weighted by molar-refractivity contribution is -0.274. The Kier molecular flexibility index (Phi) is 5.50. The van der Waals surface area contributed by atoms with Gasteiger partial charge in [-0.25, -0.2) is 0 Å². The lowest BCUT2D eigenvalue weighted by Crippen LogP contribution is -2.17. The third kappa shape index (κ3) is 5.83. The molecule has 0 aliphatic rings. The van der Waals surface area contributed by atoms with Gasteiger partial charge in [-0.3, -0.25) is 4.79 Å². The van der Waals surface area contributed by atoms with Crippen molar-refractivity contribution in [3.63, 3.8) is 0 Å². The molecule has 0 aromatic heterocycles. The number of amides is 1. The minimum atomic E-state index is -4.74. The average molecular weight is 344 g/mol. The number of aryl methyl sites for hydroxylation is 1. The van der Waals surface area contributed by atoms with E-state index in [-0.39, 0.29) is 18.1 Å². The predicted octanol–water partition coefficient (Wildman–Crippen LogP) is 4.81. The third-order valence-electron chi connectivity index (χ3n) is 2.95. The number of hydrogen-bond donors (Lipinski definition) is 1. The Hall–Kier alpha value is -2.21. The van der Waals surface area contributed by atoms with Crippen LogP contribution in [0.25, 0.3) is 0 Å². The summed E-state index contributed by atoms with van der Waals surface area (Å²) in [6.07, 6.45) is -4.05. The van der Waals surface area contributed by atoms with Crippen molar-refractivity contribution in [2.75, 3.05) is 5.32 Å². The van der Waals surface area contributed by atoms with Gasteiger partial charge in [0.05, 0.1) is 0 Å². The van der Waals surface area contributed by atoms with E-state index in [0.717, 1.165) is 17.7 Å². The normalized spacial score (nSPS) is 11.1. The number of ether oxygens (including phenoxy) is 1. The van der Waals surface area contributed by atoms with Gasteiger partial charge in [-0.05, 0) is 42.3 Å². The number of halogens is 4. The number of anilines is 1. The number of nitrogens with one attached hydrogen (secondary N) is 1. The Morgan fingerprint density at radius 1 is 1.09 bits per heavy atom. The summed E-state index contributed by atoms with van der Waals surface area (Å²) in [4.78, 5) is 11.8. The van der Waals surface area contributed by atoms with Crippen molar-refractivity contribution in [3.05, 3.63) is 59.1 Å². The molecular formula is C16H13ClF3NO2. The van der Waals surface area contributed by atoms with Crippen LogP contribution in [0, 0.1) is 0 Å². The number of carbonyl (C=O) groups excluding carboxylic acids is 1. The fourth-order valence-electron chi connectivity index (χ4n) is 1.91. The molecule has 2 rings (SSSR count). The summed E-state index contributed by atoms with van der Waals surface area (Å²) in [5, 5.41) is 3.19. The Labute approximate surface area is 136 Å². The maximum Gasteiger partial charge on any atom is 0.573 e. The third-order valence-corrected chi connectivity index (χ3v) is 3.32. The van der Waals surface area contributed by atoms with Crippen LogP contribution in [-0.4, -0.2) is 12.3 Å². The van der Waals surface area contributed by atoms with Crippen LogP contribution in [0.2, 0.25) is 5.02 Å². The Morgan fingerprint density at radius 3 is 2.35 bits per heavy atom. The zero-order valence-electron chi connectivity index (χ0n) is 11.9. The molecule has 122 valence electrons. The van der Waals surface area contributed by atoms with Crippen LogP contribution in [0.15, 0.2) is 48.5 Å². The molecule has 2 aromatic carbocycles. The van der Waals surface area contributed by atoms with E-state index >= 15 is 0 Å². The van der Waals surface area contributed by atoms with Gasteiger partial charge >= 0.3 is 6.36 Å². The number of benzene rings is 2. The van der Waals surface area contributed by atoms with E-state index in [1.807, 2.05) is 12.1 Å². The van der Waals surface area contributed by atoms with Gasteiger partial charge in [0.15, 0.2) is 0 Å². The first kappa shape index (κ1) is 17.1. The largest absolute Gasteiger partial charge is 0.573 e. The monoisotopic (exact) mass is 343 g/mol. The van der Waals surface area contributed by atoms with E-state index < -0.39 is 6.36 Å². The lowest BCUT2D eigenvalue weighted by atomic mass is 10.1. The number of hydrogen-bond acceptors (Lipinski definition) is 2. The van der Waals surface area contributed by atoms with Crippen molar-refractivity contribution >= 4 is 23.2 Å². The van der Waals surface area contributed by atoms with Crippen LogP contribution in [-0.2, 0) is 11.2 Å². The van der Waals surface area contributed by atoms with Crippen LogP contribution >= 0.6 is 11.6 Å². The summed E-state index contributed by atoms with van der Waals surface area (Å²) in [7, 11) is 0. The smallest absolute Gasteiger partial charge is 0.406 e. The minimum absolute atomic E-state index is 0.213. The van der Waals surface area contributed by atoms with Crippen LogP contribution < -0.4 is 10.1 Å². The fourth-order valence-corrected chi connectivity index (χ4v) is 2.14. The van der Waals surface area contributed by atoms with Crippen LogP contribution in [0.3, 0.4) is 0 Å². The van der Waals surface area contributed by atoms with Crippen molar-refractivity contribution in [3.8, 4) is 5.75 Å². The first-order valence-electron chi connectivity index (χ1n) is 6.72. The maximum atomic E-state index is 12.0. The van der Waals surface area contributed by atoms with E-state index in [2.05, 4.69) is 10.1 Å². The second kappa shape index (κ2) is 7.37. The molecule has 23 heavy (non-hydrogen) atoms. The van der Waals surface area contributed by atoms with Gasteiger partial charge in [0.2, 0.25) is 5.91 Å². The molecule has 3 nitrogen and oxygen atoms in total. The molecule has 0 saturated heterocycles. The highest BCUT2D eigenvalue weighted by Gasteiger charge is 2.30. The van der Waals surface area contributed by atoms with E-state index in [4.69, 9.17) is 11.6 Å². The minimum Gasteiger partial charge on any atom is -0.406 e. The van der Waals surface area contributed by atoms with Gasteiger partial charge in [-0.1, -0.05) is 29.8 Å². The molecule has 0 spiro atoms.